The van der Waals surface area contributed by atoms with E-state index in [4.69, 9.17) is 23.3 Å². The number of aliphatic hydroxyl groups is 1. The summed E-state index contributed by atoms with van der Waals surface area (Å²) in [6, 6.07) is 0. The van der Waals surface area contributed by atoms with Crippen LogP contribution in [0, 0.1) is 0 Å². The average Bonchev–Trinajstić information content (AvgIpc) is 3.35. The van der Waals surface area contributed by atoms with Gasteiger partial charge in [0.1, 0.15) is 12.7 Å². The Kier molecular flexibility index (Phi) is 48.7. The molecule has 0 spiro atoms. The van der Waals surface area contributed by atoms with Crippen molar-refractivity contribution in [1.82, 2.24) is 0 Å². The van der Waals surface area contributed by atoms with E-state index in [0.29, 0.717) is 25.7 Å². The van der Waals surface area contributed by atoms with Gasteiger partial charge in [-0.1, -0.05) is 188 Å². The minimum Gasteiger partial charge on any atom is -0.462 e. The Morgan fingerprint density at radius 3 is 1.30 bits per heavy atom. The van der Waals surface area contributed by atoms with Gasteiger partial charge in [-0.3, -0.25) is 23.4 Å². The Hall–Kier alpha value is -3.86. The summed E-state index contributed by atoms with van der Waals surface area (Å²) in [5, 5.41) is 9.77. The molecule has 0 aromatic heterocycles. The first-order valence-corrected chi connectivity index (χ1v) is 28.3. The highest BCUT2D eigenvalue weighted by atomic mass is 31.2. The van der Waals surface area contributed by atoms with Gasteiger partial charge >= 0.3 is 25.7 Å². The summed E-state index contributed by atoms with van der Waals surface area (Å²) >= 11 is 0. The minimum absolute atomic E-state index is 0.0338. The average molecular weight is 999 g/mol. The number of allylic oxidation sites excluding steroid dienone is 18. The zero-order chi connectivity index (χ0) is 51.3. The van der Waals surface area contributed by atoms with Crippen molar-refractivity contribution in [1.29, 1.82) is 0 Å². The summed E-state index contributed by atoms with van der Waals surface area (Å²) in [6.07, 6.45) is 60.7. The molecule has 0 saturated heterocycles. The molecule has 0 fully saturated rings. The Labute approximate surface area is 425 Å². The number of unbranched alkanes of at least 4 members (excludes halogenated alkanes) is 13. The molecule has 11 nitrogen and oxygen atoms in total. The van der Waals surface area contributed by atoms with Gasteiger partial charge in [0.2, 0.25) is 0 Å². The second kappa shape index (κ2) is 51.5. The number of phosphoric acid groups is 1. The molecule has 0 heterocycles. The fraction of sp³-hybridized carbons (Fsp3) is 0.638. The first kappa shape index (κ1) is 66.1. The van der Waals surface area contributed by atoms with Crippen LogP contribution in [0.4, 0.5) is 0 Å². The van der Waals surface area contributed by atoms with Crippen LogP contribution >= 0.6 is 7.82 Å². The van der Waals surface area contributed by atoms with Crippen LogP contribution in [-0.4, -0.2) is 66.5 Å². The van der Waals surface area contributed by atoms with E-state index in [1.807, 2.05) is 12.2 Å². The minimum atomic E-state index is -4.77. The SMILES string of the molecule is CC/C=C\C/C=C\C/C=C\C/C=C\C/C=C\C/C=C\CCC(=O)OC(COC(=O)CCCCCCC/C=C\C/C=C\CCC)COP(=O)(O)OCC(CO)OC(=O)CCCCCCC/C=C\CCCC. The lowest BCUT2D eigenvalue weighted by molar-refractivity contribution is -0.161. The molecule has 0 aliphatic heterocycles. The van der Waals surface area contributed by atoms with Gasteiger partial charge in [-0.15, -0.1) is 0 Å². The third-order valence-corrected chi connectivity index (χ3v) is 11.6. The van der Waals surface area contributed by atoms with E-state index in [9.17, 15) is 28.9 Å². The predicted octanol–water partition coefficient (Wildman–Crippen LogP) is 15.5. The molecule has 0 aliphatic rings. The standard InChI is InChI=1S/C58H95O11P/c1-4-7-10-13-16-19-22-24-25-26-27-28-29-31-34-37-40-43-46-49-58(62)69-55(51-65-56(60)47-44-41-38-35-33-30-23-20-17-14-11-8-5-2)53-67-70(63,64)66-52-54(50-59)68-57(61)48-45-42-39-36-32-21-18-15-12-9-6-3/h7,10-11,14-16,18-20,23-25,27-28,31,34,40,43,54-55,59H,4-6,8-9,12-13,17,21-22,26,29-30,32-33,35-39,41-42,44-53H2,1-3H3,(H,63,64)/b10-7-,14-11-,18-15-,19-16-,23-20-,25-24-,28-27-,34-31-,43-40-. The third-order valence-electron chi connectivity index (χ3n) is 10.6. The number of phosphoric ester groups is 1. The summed E-state index contributed by atoms with van der Waals surface area (Å²) in [5.74, 6) is -1.61. The van der Waals surface area contributed by atoms with Gasteiger partial charge in [-0.05, 0) is 103 Å². The molecule has 0 radical (unpaired) electrons. The fourth-order valence-corrected chi connectivity index (χ4v) is 7.36. The highest BCUT2D eigenvalue weighted by molar-refractivity contribution is 7.47. The van der Waals surface area contributed by atoms with Crippen molar-refractivity contribution in [3.63, 3.8) is 0 Å². The predicted molar refractivity (Wildman–Crippen MR) is 288 cm³/mol. The quantitative estimate of drug-likeness (QED) is 0.0197. The summed E-state index contributed by atoms with van der Waals surface area (Å²) < 4.78 is 39.3. The second-order valence-electron chi connectivity index (χ2n) is 17.3. The summed E-state index contributed by atoms with van der Waals surface area (Å²) in [6.45, 7) is 4.28. The van der Waals surface area contributed by atoms with E-state index in [2.05, 4.69) is 118 Å². The fourth-order valence-electron chi connectivity index (χ4n) is 6.58. The lowest BCUT2D eigenvalue weighted by Crippen LogP contribution is -2.30. The topological polar surface area (TPSA) is 155 Å². The van der Waals surface area contributed by atoms with Crippen molar-refractivity contribution >= 4 is 25.7 Å². The molecule has 0 rings (SSSR count). The van der Waals surface area contributed by atoms with Crippen molar-refractivity contribution in [3.8, 4) is 0 Å². The highest BCUT2D eigenvalue weighted by Gasteiger charge is 2.28. The number of ether oxygens (including phenoxy) is 3. The number of esters is 3. The van der Waals surface area contributed by atoms with Crippen molar-refractivity contribution in [3.05, 3.63) is 109 Å². The molecule has 0 aromatic carbocycles. The monoisotopic (exact) mass is 999 g/mol. The molecule has 0 bridgehead atoms. The molecular formula is C58H95O11P. The first-order chi connectivity index (χ1) is 34.2. The van der Waals surface area contributed by atoms with Crippen molar-refractivity contribution < 1.29 is 52.2 Å². The van der Waals surface area contributed by atoms with E-state index in [1.165, 1.54) is 12.8 Å². The molecule has 12 heteroatoms. The highest BCUT2D eigenvalue weighted by Crippen LogP contribution is 2.43. The number of carbonyl (C=O) groups is 3. The van der Waals surface area contributed by atoms with E-state index in [0.717, 1.165) is 122 Å². The van der Waals surface area contributed by atoms with Crippen molar-refractivity contribution in [2.75, 3.05) is 26.4 Å². The number of hydrogen-bond acceptors (Lipinski definition) is 10. The van der Waals surface area contributed by atoms with Crippen LogP contribution < -0.4 is 0 Å². The summed E-state index contributed by atoms with van der Waals surface area (Å²) in [7, 11) is -4.77. The zero-order valence-electron chi connectivity index (χ0n) is 43.7. The van der Waals surface area contributed by atoms with Gasteiger partial charge in [-0.2, -0.15) is 0 Å². The van der Waals surface area contributed by atoms with Gasteiger partial charge < -0.3 is 24.2 Å². The van der Waals surface area contributed by atoms with E-state index in [-0.39, 0.29) is 25.9 Å². The molecule has 0 saturated carbocycles. The van der Waals surface area contributed by atoms with Crippen molar-refractivity contribution in [2.24, 2.45) is 0 Å². The molecular weight excluding hydrogens is 904 g/mol. The van der Waals surface area contributed by atoms with Crippen LogP contribution in [0.1, 0.15) is 201 Å². The molecule has 398 valence electrons. The van der Waals surface area contributed by atoms with Gasteiger partial charge in [0.25, 0.3) is 0 Å². The first-order valence-electron chi connectivity index (χ1n) is 26.8. The van der Waals surface area contributed by atoms with Crippen molar-refractivity contribution in [2.45, 2.75) is 213 Å². The largest absolute Gasteiger partial charge is 0.472 e. The van der Waals surface area contributed by atoms with E-state index >= 15 is 0 Å². The number of rotatable bonds is 48. The van der Waals surface area contributed by atoms with Gasteiger partial charge in [0.05, 0.1) is 19.8 Å². The van der Waals surface area contributed by atoms with Gasteiger partial charge in [0.15, 0.2) is 6.10 Å². The molecule has 2 N–H and O–H groups in total. The molecule has 70 heavy (non-hydrogen) atoms. The maximum absolute atomic E-state index is 12.8. The third kappa shape index (κ3) is 49.1. The molecule has 0 amide bonds. The van der Waals surface area contributed by atoms with Crippen LogP contribution in [0.15, 0.2) is 109 Å². The number of hydrogen-bond donors (Lipinski definition) is 2. The molecule has 3 unspecified atom stereocenters. The Morgan fingerprint density at radius 2 is 0.800 bits per heavy atom. The van der Waals surface area contributed by atoms with E-state index < -0.39 is 57.8 Å². The molecule has 3 atom stereocenters. The van der Waals surface area contributed by atoms with Crippen LogP contribution in [0.3, 0.4) is 0 Å². The second-order valence-corrected chi connectivity index (χ2v) is 18.8. The van der Waals surface area contributed by atoms with Crippen LogP contribution in [0.25, 0.3) is 0 Å². The lowest BCUT2D eigenvalue weighted by Gasteiger charge is -2.21. The lowest BCUT2D eigenvalue weighted by atomic mass is 10.1. The Balaban J connectivity index is 4.90. The Morgan fingerprint density at radius 1 is 0.414 bits per heavy atom. The normalized spacial score (nSPS) is 14.3. The molecule has 0 aliphatic carbocycles. The molecule has 0 aromatic rings. The number of aliphatic hydroxyl groups excluding tert-OH is 1. The smallest absolute Gasteiger partial charge is 0.462 e. The van der Waals surface area contributed by atoms with Crippen LogP contribution in [0.5, 0.6) is 0 Å². The van der Waals surface area contributed by atoms with Gasteiger partial charge in [0, 0.05) is 19.3 Å². The summed E-state index contributed by atoms with van der Waals surface area (Å²) in [4.78, 5) is 48.3. The van der Waals surface area contributed by atoms with E-state index in [1.54, 1.807) is 0 Å². The maximum atomic E-state index is 12.8. The Bertz CT molecular complexity index is 1590. The number of carbonyl (C=O) groups excluding carboxylic acids is 3. The maximum Gasteiger partial charge on any atom is 0.472 e. The zero-order valence-corrected chi connectivity index (χ0v) is 44.6. The van der Waals surface area contributed by atoms with Crippen LogP contribution in [0.2, 0.25) is 0 Å². The van der Waals surface area contributed by atoms with Crippen LogP contribution in [-0.2, 0) is 42.2 Å². The van der Waals surface area contributed by atoms with Gasteiger partial charge in [-0.25, -0.2) is 4.57 Å². The summed E-state index contributed by atoms with van der Waals surface area (Å²) in [5.41, 5.74) is 0.